The first-order chi connectivity index (χ1) is 13.4. The van der Waals surface area contributed by atoms with E-state index in [4.69, 9.17) is 13.6 Å². The van der Waals surface area contributed by atoms with E-state index in [0.717, 1.165) is 12.3 Å². The molecule has 162 valence electrons. The van der Waals surface area contributed by atoms with E-state index in [-0.39, 0.29) is 25.3 Å². The molecule has 1 aromatic rings. The minimum Gasteiger partial charge on any atom is -0.469 e. The van der Waals surface area contributed by atoms with Gasteiger partial charge in [0, 0.05) is 12.0 Å². The predicted molar refractivity (Wildman–Crippen MR) is 91.7 cm³/mol. The van der Waals surface area contributed by atoms with Gasteiger partial charge in [-0.2, -0.15) is 13.2 Å². The van der Waals surface area contributed by atoms with Gasteiger partial charge in [0.25, 0.3) is 5.91 Å². The number of pyridine rings is 1. The first-order valence-corrected chi connectivity index (χ1v) is 9.83. The van der Waals surface area contributed by atoms with Crippen molar-refractivity contribution in [2.75, 3.05) is 20.3 Å². The van der Waals surface area contributed by atoms with E-state index in [1.807, 2.05) is 0 Å². The highest BCUT2D eigenvalue weighted by atomic mass is 31.2. The van der Waals surface area contributed by atoms with E-state index in [2.05, 4.69) is 15.0 Å². The molecule has 0 unspecified atom stereocenters. The van der Waals surface area contributed by atoms with Crippen LogP contribution in [0.4, 0.5) is 13.2 Å². The minimum absolute atomic E-state index is 0.0315. The molecule has 1 amide bonds. The number of amides is 1. The number of nitrogens with one attached hydrogen (secondary N) is 1. The van der Waals surface area contributed by atoms with Crippen LogP contribution < -0.4 is 9.84 Å². The quantitative estimate of drug-likeness (QED) is 0.531. The lowest BCUT2D eigenvalue weighted by molar-refractivity contribution is -0.143. The molecule has 0 aliphatic carbocycles. The van der Waals surface area contributed by atoms with Gasteiger partial charge in [0.05, 0.1) is 26.3 Å². The molecule has 1 fully saturated rings. The Kier molecular flexibility index (Phi) is 6.92. The Balaban J connectivity index is 2.07. The number of hydrogen-bond acceptors (Lipinski definition) is 8. The van der Waals surface area contributed by atoms with Crippen molar-refractivity contribution >= 4 is 19.7 Å². The molecule has 1 saturated heterocycles. The summed E-state index contributed by atoms with van der Waals surface area (Å²) in [5.74, 6) is -1.47. The topological polar surface area (TPSA) is 113 Å². The lowest BCUT2D eigenvalue weighted by Gasteiger charge is -2.39. The first kappa shape index (κ1) is 23.1. The number of rotatable bonds is 6. The Hall–Kier alpha value is -2.17. The van der Waals surface area contributed by atoms with Crippen LogP contribution in [-0.4, -0.2) is 43.2 Å². The maximum absolute atomic E-state index is 12.7. The monoisotopic (exact) mass is 440 g/mol. The summed E-state index contributed by atoms with van der Waals surface area (Å²) in [5.41, 5.74) is -2.05. The third-order valence-corrected chi connectivity index (χ3v) is 5.23. The van der Waals surface area contributed by atoms with Crippen molar-refractivity contribution in [1.29, 1.82) is 0 Å². The standard InChI is InChI=1S/C16H20F3N2O7P/c1-15(2)9-26-29(24,27-10-4-5-11(21-8-10)16(17,18)19)28-13(15)14(23)20-7-6-12(22)25-3/h4-5,8,13H,6-7,9H2,1-3H3,(H,20,23)/t13-,29-/m0/s1. The average molecular weight is 440 g/mol. The minimum atomic E-state index is -4.64. The molecule has 2 rings (SSSR count). The van der Waals surface area contributed by atoms with Gasteiger partial charge in [-0.05, 0) is 12.1 Å². The average Bonchev–Trinajstić information content (AvgIpc) is 2.63. The van der Waals surface area contributed by atoms with E-state index < -0.39 is 43.1 Å². The zero-order valence-corrected chi connectivity index (χ0v) is 16.7. The van der Waals surface area contributed by atoms with Crippen molar-refractivity contribution in [2.24, 2.45) is 5.41 Å². The molecule has 0 aromatic carbocycles. The molecular weight excluding hydrogens is 420 g/mol. The second kappa shape index (κ2) is 8.68. The molecule has 13 heteroatoms. The fourth-order valence-corrected chi connectivity index (χ4v) is 3.94. The number of esters is 1. The molecule has 1 N–H and O–H groups in total. The normalized spacial score (nSPS) is 23.9. The number of carbonyl (C=O) groups is 2. The highest BCUT2D eigenvalue weighted by molar-refractivity contribution is 7.49. The van der Waals surface area contributed by atoms with Crippen LogP contribution in [0.5, 0.6) is 5.75 Å². The Bertz CT molecular complexity index is 799. The van der Waals surface area contributed by atoms with Crippen LogP contribution in [0.15, 0.2) is 18.3 Å². The number of alkyl halides is 3. The number of aromatic nitrogens is 1. The zero-order valence-electron chi connectivity index (χ0n) is 15.8. The molecular formula is C16H20F3N2O7P. The smallest absolute Gasteiger partial charge is 0.469 e. The van der Waals surface area contributed by atoms with E-state index in [1.165, 1.54) is 7.11 Å². The molecule has 29 heavy (non-hydrogen) atoms. The van der Waals surface area contributed by atoms with Crippen molar-refractivity contribution in [1.82, 2.24) is 10.3 Å². The summed E-state index contributed by atoms with van der Waals surface area (Å²) >= 11 is 0. The van der Waals surface area contributed by atoms with Crippen molar-refractivity contribution in [3.05, 3.63) is 24.0 Å². The van der Waals surface area contributed by atoms with E-state index in [0.29, 0.717) is 6.07 Å². The van der Waals surface area contributed by atoms with E-state index in [1.54, 1.807) is 13.8 Å². The highest BCUT2D eigenvalue weighted by Crippen LogP contribution is 2.56. The van der Waals surface area contributed by atoms with Crippen LogP contribution in [-0.2, 0) is 34.1 Å². The molecule has 0 radical (unpaired) electrons. The number of hydrogen-bond donors (Lipinski definition) is 1. The summed E-state index contributed by atoms with van der Waals surface area (Å²) in [6.45, 7) is 3.03. The summed E-state index contributed by atoms with van der Waals surface area (Å²) in [4.78, 5) is 26.7. The summed E-state index contributed by atoms with van der Waals surface area (Å²) in [6.07, 6.45) is -5.25. The van der Waals surface area contributed by atoms with Crippen molar-refractivity contribution in [2.45, 2.75) is 32.5 Å². The van der Waals surface area contributed by atoms with Crippen molar-refractivity contribution in [3.8, 4) is 5.75 Å². The molecule has 0 saturated carbocycles. The fraction of sp³-hybridized carbons (Fsp3) is 0.562. The zero-order chi connectivity index (χ0) is 21.9. The molecule has 2 atom stereocenters. The van der Waals surface area contributed by atoms with E-state index >= 15 is 0 Å². The maximum atomic E-state index is 12.7. The Morgan fingerprint density at radius 2 is 2.07 bits per heavy atom. The van der Waals surface area contributed by atoms with Gasteiger partial charge in [-0.1, -0.05) is 13.8 Å². The third-order valence-electron chi connectivity index (χ3n) is 3.88. The maximum Gasteiger partial charge on any atom is 0.530 e. The van der Waals surface area contributed by atoms with Gasteiger partial charge >= 0.3 is 20.0 Å². The van der Waals surface area contributed by atoms with E-state index in [9.17, 15) is 27.3 Å². The van der Waals surface area contributed by atoms with Gasteiger partial charge < -0.3 is 14.6 Å². The molecule has 9 nitrogen and oxygen atoms in total. The highest BCUT2D eigenvalue weighted by Gasteiger charge is 2.50. The summed E-state index contributed by atoms with van der Waals surface area (Å²) in [7, 11) is -3.10. The van der Waals surface area contributed by atoms with Crippen molar-refractivity contribution < 1.29 is 45.6 Å². The number of phosphoric acid groups is 1. The second-order valence-electron chi connectivity index (χ2n) is 6.78. The van der Waals surface area contributed by atoms with Crippen LogP contribution in [0.3, 0.4) is 0 Å². The van der Waals surface area contributed by atoms with Gasteiger partial charge in [-0.3, -0.25) is 18.6 Å². The second-order valence-corrected chi connectivity index (χ2v) is 8.33. The number of nitrogens with zero attached hydrogens (tertiary/aromatic N) is 1. The molecule has 1 aliphatic rings. The summed E-state index contributed by atoms with van der Waals surface area (Å²) in [6, 6.07) is 1.56. The van der Waals surface area contributed by atoms with Crippen LogP contribution in [0.1, 0.15) is 26.0 Å². The largest absolute Gasteiger partial charge is 0.530 e. The molecule has 1 aliphatic heterocycles. The van der Waals surface area contributed by atoms with Crippen molar-refractivity contribution in [3.63, 3.8) is 0 Å². The predicted octanol–water partition coefficient (Wildman–Crippen LogP) is 2.71. The van der Waals surface area contributed by atoms with Crippen LogP contribution in [0.2, 0.25) is 0 Å². The molecule has 2 heterocycles. The summed E-state index contributed by atoms with van der Waals surface area (Å²) < 4.78 is 70.4. The summed E-state index contributed by atoms with van der Waals surface area (Å²) in [5, 5.41) is 2.46. The lowest BCUT2D eigenvalue weighted by Crippen LogP contribution is -2.50. The van der Waals surface area contributed by atoms with Crippen LogP contribution >= 0.6 is 7.82 Å². The van der Waals surface area contributed by atoms with Gasteiger partial charge in [0.2, 0.25) is 0 Å². The number of halogens is 3. The van der Waals surface area contributed by atoms with Gasteiger partial charge in [-0.25, -0.2) is 9.55 Å². The first-order valence-electron chi connectivity index (χ1n) is 8.37. The number of carbonyl (C=O) groups excluding carboxylic acids is 2. The number of phosphoric ester groups is 1. The van der Waals surface area contributed by atoms with Gasteiger partial charge in [-0.15, -0.1) is 0 Å². The number of ether oxygens (including phenoxy) is 1. The Labute approximate surface area is 164 Å². The van der Waals surface area contributed by atoms with Crippen LogP contribution in [0, 0.1) is 5.41 Å². The number of methoxy groups -OCH3 is 1. The van der Waals surface area contributed by atoms with Gasteiger partial charge in [0.1, 0.15) is 11.4 Å². The molecule has 0 bridgehead atoms. The van der Waals surface area contributed by atoms with Gasteiger partial charge in [0.15, 0.2) is 6.10 Å². The Morgan fingerprint density at radius 1 is 1.38 bits per heavy atom. The SMILES string of the molecule is COC(=O)CCNC(=O)[C@@H]1O[P@](=O)(Oc2ccc(C(F)(F)F)nc2)OCC1(C)C. The third kappa shape index (κ3) is 6.15. The lowest BCUT2D eigenvalue weighted by atomic mass is 9.87. The van der Waals surface area contributed by atoms with Crippen LogP contribution in [0.25, 0.3) is 0 Å². The molecule has 0 spiro atoms. The fourth-order valence-electron chi connectivity index (χ4n) is 2.29. The molecule has 1 aromatic heterocycles. The Morgan fingerprint density at radius 3 is 2.62 bits per heavy atom.